The van der Waals surface area contributed by atoms with E-state index in [1.807, 2.05) is 41.9 Å². The van der Waals surface area contributed by atoms with Gasteiger partial charge in [-0.2, -0.15) is 5.10 Å². The molecule has 0 aliphatic carbocycles. The summed E-state index contributed by atoms with van der Waals surface area (Å²) in [5.74, 6) is -1.20. The third-order valence-corrected chi connectivity index (χ3v) is 6.01. The van der Waals surface area contributed by atoms with Crippen molar-refractivity contribution in [1.82, 2.24) is 24.1 Å². The smallest absolute Gasteiger partial charge is 0.270 e. The van der Waals surface area contributed by atoms with Crippen LogP contribution in [-0.4, -0.2) is 81.1 Å². The second kappa shape index (κ2) is 7.51. The molecule has 2 aliphatic heterocycles. The van der Waals surface area contributed by atoms with Gasteiger partial charge in [0.25, 0.3) is 11.8 Å². The number of carbonyl (C=O) groups is 2. The van der Waals surface area contributed by atoms with Crippen LogP contribution in [0.4, 0.5) is 0 Å². The predicted octanol–water partition coefficient (Wildman–Crippen LogP) is 1.25. The van der Waals surface area contributed by atoms with Crippen molar-refractivity contribution in [3.05, 3.63) is 54.0 Å². The van der Waals surface area contributed by atoms with Gasteiger partial charge in [-0.15, -0.1) is 0 Å². The summed E-state index contributed by atoms with van der Waals surface area (Å²) in [7, 11) is 3.68. The van der Waals surface area contributed by atoms with Gasteiger partial charge in [-0.1, -0.05) is 18.2 Å². The highest BCUT2D eigenvalue weighted by atomic mass is 16.7. The fraction of sp³-hybridized carbons (Fsp3) is 0.409. The van der Waals surface area contributed by atoms with Gasteiger partial charge in [-0.3, -0.25) is 14.3 Å². The molecule has 0 N–H and O–H groups in total. The first kappa shape index (κ1) is 19.8. The normalized spacial score (nSPS) is 21.7. The average molecular weight is 423 g/mol. The summed E-state index contributed by atoms with van der Waals surface area (Å²) in [4.78, 5) is 29.7. The van der Waals surface area contributed by atoms with Gasteiger partial charge in [0.05, 0.1) is 38.1 Å². The molecular weight excluding hydrogens is 398 g/mol. The molecule has 9 nitrogen and oxygen atoms in total. The Balaban J connectivity index is 1.35. The third-order valence-electron chi connectivity index (χ3n) is 6.01. The highest BCUT2D eigenvalue weighted by Crippen LogP contribution is 2.27. The van der Waals surface area contributed by atoms with Crippen LogP contribution in [0.1, 0.15) is 20.8 Å². The van der Waals surface area contributed by atoms with E-state index in [0.717, 1.165) is 10.9 Å². The van der Waals surface area contributed by atoms with E-state index in [0.29, 0.717) is 37.6 Å². The monoisotopic (exact) mass is 423 g/mol. The topological polar surface area (TPSA) is 81.8 Å². The Morgan fingerprint density at radius 1 is 1.00 bits per heavy atom. The minimum absolute atomic E-state index is 0.0688. The highest BCUT2D eigenvalue weighted by molar-refractivity contribution is 5.99. The number of ether oxygens (including phenoxy) is 2. The van der Waals surface area contributed by atoms with Crippen molar-refractivity contribution in [3.63, 3.8) is 0 Å². The summed E-state index contributed by atoms with van der Waals surface area (Å²) in [6.07, 6.45) is 3.25. The maximum atomic E-state index is 13.4. The molecule has 1 unspecified atom stereocenters. The summed E-state index contributed by atoms with van der Waals surface area (Å²) in [6.45, 7) is 2.18. The van der Waals surface area contributed by atoms with Gasteiger partial charge in [0.1, 0.15) is 5.69 Å². The number of nitrogens with zero attached hydrogens (tertiary/aromatic N) is 5. The fourth-order valence-electron chi connectivity index (χ4n) is 4.41. The van der Waals surface area contributed by atoms with Crippen molar-refractivity contribution in [2.24, 2.45) is 14.1 Å². The average Bonchev–Trinajstić information content (AvgIpc) is 3.36. The van der Waals surface area contributed by atoms with Crippen LogP contribution in [0.25, 0.3) is 10.9 Å². The van der Waals surface area contributed by atoms with Gasteiger partial charge >= 0.3 is 0 Å². The van der Waals surface area contributed by atoms with Crippen molar-refractivity contribution >= 4 is 22.7 Å². The summed E-state index contributed by atoms with van der Waals surface area (Å²) in [6, 6.07) is 9.84. The van der Waals surface area contributed by atoms with E-state index in [2.05, 4.69) is 5.10 Å². The van der Waals surface area contributed by atoms with Crippen LogP contribution >= 0.6 is 0 Å². The molecule has 2 saturated heterocycles. The van der Waals surface area contributed by atoms with E-state index in [-0.39, 0.29) is 24.9 Å². The first-order chi connectivity index (χ1) is 15.0. The van der Waals surface area contributed by atoms with Crippen LogP contribution in [0.15, 0.2) is 42.7 Å². The SMILES string of the molecule is Cn1cc(C(=O)N2CCOC3(C2)CN(C(=O)c2cc4ccccc4n2C)CCO3)cn1. The van der Waals surface area contributed by atoms with Crippen LogP contribution in [0.5, 0.6) is 0 Å². The Kier molecular flexibility index (Phi) is 4.79. The third kappa shape index (κ3) is 3.49. The number of rotatable bonds is 2. The molecule has 0 radical (unpaired) electrons. The Hall–Kier alpha value is -3.17. The maximum Gasteiger partial charge on any atom is 0.270 e. The number of para-hydroxylation sites is 1. The lowest BCUT2D eigenvalue weighted by molar-refractivity contribution is -0.282. The summed E-state index contributed by atoms with van der Waals surface area (Å²) in [5.41, 5.74) is 2.16. The molecule has 2 aliphatic rings. The number of aromatic nitrogens is 3. The second-order valence-electron chi connectivity index (χ2n) is 8.11. The predicted molar refractivity (Wildman–Crippen MR) is 113 cm³/mol. The molecule has 0 bridgehead atoms. The number of aryl methyl sites for hydroxylation is 2. The molecule has 162 valence electrons. The lowest BCUT2D eigenvalue weighted by Crippen LogP contribution is -2.63. The standard InChI is InChI=1S/C22H25N5O4/c1-24-13-17(12-23-24)20(28)26-7-9-30-22(14-26)15-27(8-10-31-22)21(29)19-11-16-5-3-4-6-18(16)25(19)2/h3-6,11-13H,7-10,14-15H2,1-2H3. The van der Waals surface area contributed by atoms with Gasteiger partial charge in [0.2, 0.25) is 5.79 Å². The lowest BCUT2D eigenvalue weighted by atomic mass is 10.1. The summed E-state index contributed by atoms with van der Waals surface area (Å²) >= 11 is 0. The number of amides is 2. The largest absolute Gasteiger partial charge is 0.345 e. The number of hydrogen-bond acceptors (Lipinski definition) is 5. The molecule has 2 fully saturated rings. The van der Waals surface area contributed by atoms with Crippen molar-refractivity contribution in [3.8, 4) is 0 Å². The quantitative estimate of drug-likeness (QED) is 0.620. The number of morpholine rings is 2. The molecule has 2 amide bonds. The molecule has 1 atom stereocenters. The zero-order valence-corrected chi connectivity index (χ0v) is 17.7. The number of carbonyl (C=O) groups excluding carboxylic acids is 2. The number of hydrogen-bond donors (Lipinski definition) is 0. The van der Waals surface area contributed by atoms with Crippen molar-refractivity contribution < 1.29 is 19.1 Å². The van der Waals surface area contributed by atoms with Gasteiger partial charge in [0, 0.05) is 44.3 Å². The molecule has 0 saturated carbocycles. The lowest BCUT2D eigenvalue weighted by Gasteiger charge is -2.47. The van der Waals surface area contributed by atoms with Crippen LogP contribution in [-0.2, 0) is 23.6 Å². The van der Waals surface area contributed by atoms with Gasteiger partial charge < -0.3 is 23.8 Å². The van der Waals surface area contributed by atoms with E-state index < -0.39 is 5.79 Å². The minimum Gasteiger partial charge on any atom is -0.345 e. The van der Waals surface area contributed by atoms with Crippen LogP contribution < -0.4 is 0 Å². The van der Waals surface area contributed by atoms with Crippen molar-refractivity contribution in [1.29, 1.82) is 0 Å². The highest BCUT2D eigenvalue weighted by Gasteiger charge is 2.45. The van der Waals surface area contributed by atoms with Crippen molar-refractivity contribution in [2.45, 2.75) is 5.79 Å². The van der Waals surface area contributed by atoms with E-state index >= 15 is 0 Å². The molecule has 2 aromatic heterocycles. The number of fused-ring (bicyclic) bond motifs is 1. The maximum absolute atomic E-state index is 13.4. The minimum atomic E-state index is -1.02. The fourth-order valence-corrected chi connectivity index (χ4v) is 4.41. The Labute approximate surface area is 179 Å². The van der Waals surface area contributed by atoms with Gasteiger partial charge in [0.15, 0.2) is 0 Å². The van der Waals surface area contributed by atoms with E-state index in [1.54, 1.807) is 33.9 Å². The number of benzene rings is 1. The zero-order valence-electron chi connectivity index (χ0n) is 17.7. The zero-order chi connectivity index (χ0) is 21.6. The van der Waals surface area contributed by atoms with Gasteiger partial charge in [-0.05, 0) is 12.1 Å². The second-order valence-corrected chi connectivity index (χ2v) is 8.11. The van der Waals surface area contributed by atoms with Crippen molar-refractivity contribution in [2.75, 3.05) is 39.4 Å². The molecule has 1 aromatic carbocycles. The van der Waals surface area contributed by atoms with E-state index in [9.17, 15) is 9.59 Å². The molecule has 31 heavy (non-hydrogen) atoms. The molecule has 5 rings (SSSR count). The van der Waals surface area contributed by atoms with Crippen LogP contribution in [0.3, 0.4) is 0 Å². The van der Waals surface area contributed by atoms with Gasteiger partial charge in [-0.25, -0.2) is 0 Å². The van der Waals surface area contributed by atoms with E-state index in [4.69, 9.17) is 9.47 Å². The molecule has 9 heteroatoms. The first-order valence-corrected chi connectivity index (χ1v) is 10.4. The molecule has 3 aromatic rings. The van der Waals surface area contributed by atoms with Crippen LogP contribution in [0, 0.1) is 0 Å². The Morgan fingerprint density at radius 2 is 1.68 bits per heavy atom. The van der Waals surface area contributed by atoms with Crippen LogP contribution in [0.2, 0.25) is 0 Å². The Bertz CT molecular complexity index is 1150. The first-order valence-electron chi connectivity index (χ1n) is 10.4. The molecule has 4 heterocycles. The summed E-state index contributed by atoms with van der Waals surface area (Å²) < 4.78 is 15.5. The molecular formula is C22H25N5O4. The summed E-state index contributed by atoms with van der Waals surface area (Å²) in [5, 5.41) is 5.11. The molecule has 1 spiro atoms. The Morgan fingerprint density at radius 3 is 2.32 bits per heavy atom. The van der Waals surface area contributed by atoms with E-state index in [1.165, 1.54) is 0 Å².